The van der Waals surface area contributed by atoms with Gasteiger partial charge in [0.15, 0.2) is 5.78 Å². The first-order valence-corrected chi connectivity index (χ1v) is 7.05. The van der Waals surface area contributed by atoms with E-state index in [-0.39, 0.29) is 5.78 Å². The van der Waals surface area contributed by atoms with Crippen LogP contribution in [0.1, 0.15) is 55.8 Å². The van der Waals surface area contributed by atoms with Crippen molar-refractivity contribution in [3.05, 3.63) is 29.8 Å². The quantitative estimate of drug-likeness (QED) is 0.726. The standard InChI is InChI=1S/C16H22O2/c1-2-18-15-10-6-9-14(12-15)16(17)11-13-7-4-3-5-8-13/h6,9-10,12-13H,2-5,7-8,11H2,1H3. The van der Waals surface area contributed by atoms with Crippen molar-refractivity contribution in [1.82, 2.24) is 0 Å². The molecular formula is C16H22O2. The van der Waals surface area contributed by atoms with Gasteiger partial charge in [-0.2, -0.15) is 0 Å². The van der Waals surface area contributed by atoms with Gasteiger partial charge in [0.05, 0.1) is 6.61 Å². The van der Waals surface area contributed by atoms with Gasteiger partial charge >= 0.3 is 0 Å². The number of hydrogen-bond donors (Lipinski definition) is 0. The fourth-order valence-electron chi connectivity index (χ4n) is 2.70. The molecule has 2 heteroatoms. The summed E-state index contributed by atoms with van der Waals surface area (Å²) in [5, 5.41) is 0. The molecule has 0 N–H and O–H groups in total. The van der Waals surface area contributed by atoms with Crippen LogP contribution < -0.4 is 4.74 Å². The van der Waals surface area contributed by atoms with Crippen molar-refractivity contribution in [2.45, 2.75) is 45.4 Å². The van der Waals surface area contributed by atoms with Gasteiger partial charge in [-0.05, 0) is 25.0 Å². The van der Waals surface area contributed by atoms with E-state index in [0.717, 1.165) is 11.3 Å². The number of ketones is 1. The van der Waals surface area contributed by atoms with E-state index >= 15 is 0 Å². The minimum absolute atomic E-state index is 0.267. The summed E-state index contributed by atoms with van der Waals surface area (Å²) in [7, 11) is 0. The Bertz CT molecular complexity index is 392. The van der Waals surface area contributed by atoms with E-state index in [2.05, 4.69) is 0 Å². The predicted molar refractivity (Wildman–Crippen MR) is 73.1 cm³/mol. The minimum atomic E-state index is 0.267. The SMILES string of the molecule is CCOc1cccc(C(=O)CC2CCCCC2)c1. The fourth-order valence-corrected chi connectivity index (χ4v) is 2.70. The largest absolute Gasteiger partial charge is 0.494 e. The summed E-state index contributed by atoms with van der Waals surface area (Å²) in [6.07, 6.45) is 7.06. The molecule has 1 fully saturated rings. The number of Topliss-reactive ketones (excluding diaryl/α,β-unsaturated/α-hetero) is 1. The molecule has 0 radical (unpaired) electrons. The summed E-state index contributed by atoms with van der Waals surface area (Å²) in [5.41, 5.74) is 0.798. The van der Waals surface area contributed by atoms with Gasteiger partial charge in [0, 0.05) is 12.0 Å². The highest BCUT2D eigenvalue weighted by Gasteiger charge is 2.18. The van der Waals surface area contributed by atoms with E-state index in [0.29, 0.717) is 18.9 Å². The van der Waals surface area contributed by atoms with Gasteiger partial charge in [-0.1, -0.05) is 44.2 Å². The Hall–Kier alpha value is -1.31. The van der Waals surface area contributed by atoms with Crippen LogP contribution in [0, 0.1) is 5.92 Å². The predicted octanol–water partition coefficient (Wildman–Crippen LogP) is 4.24. The molecule has 1 aliphatic carbocycles. The van der Waals surface area contributed by atoms with Crippen LogP contribution in [0.5, 0.6) is 5.75 Å². The highest BCUT2D eigenvalue weighted by Crippen LogP contribution is 2.28. The molecule has 1 aromatic carbocycles. The molecule has 2 rings (SSSR count). The average molecular weight is 246 g/mol. The maximum Gasteiger partial charge on any atom is 0.163 e. The molecule has 0 unspecified atom stereocenters. The first-order chi connectivity index (χ1) is 8.79. The Morgan fingerprint density at radius 3 is 2.78 bits per heavy atom. The van der Waals surface area contributed by atoms with Crippen LogP contribution in [-0.4, -0.2) is 12.4 Å². The maximum absolute atomic E-state index is 12.2. The molecule has 98 valence electrons. The van der Waals surface area contributed by atoms with E-state index in [1.54, 1.807) is 0 Å². The van der Waals surface area contributed by atoms with Crippen LogP contribution in [-0.2, 0) is 0 Å². The molecule has 0 bridgehead atoms. The van der Waals surface area contributed by atoms with Gasteiger partial charge in [-0.3, -0.25) is 4.79 Å². The molecule has 2 nitrogen and oxygen atoms in total. The highest BCUT2D eigenvalue weighted by atomic mass is 16.5. The Kier molecular flexibility index (Phi) is 4.80. The van der Waals surface area contributed by atoms with Crippen LogP contribution in [0.4, 0.5) is 0 Å². The Morgan fingerprint density at radius 2 is 2.06 bits per heavy atom. The second-order valence-corrected chi connectivity index (χ2v) is 5.09. The van der Waals surface area contributed by atoms with Crippen molar-refractivity contribution >= 4 is 5.78 Å². The number of carbonyl (C=O) groups excluding carboxylic acids is 1. The number of ether oxygens (including phenoxy) is 1. The maximum atomic E-state index is 12.2. The van der Waals surface area contributed by atoms with E-state index in [4.69, 9.17) is 4.74 Å². The lowest BCUT2D eigenvalue weighted by atomic mass is 9.85. The lowest BCUT2D eigenvalue weighted by Gasteiger charge is -2.20. The number of carbonyl (C=O) groups is 1. The summed E-state index contributed by atoms with van der Waals surface area (Å²) < 4.78 is 5.43. The van der Waals surface area contributed by atoms with Crippen molar-refractivity contribution in [2.24, 2.45) is 5.92 Å². The topological polar surface area (TPSA) is 26.3 Å². The number of hydrogen-bond acceptors (Lipinski definition) is 2. The van der Waals surface area contributed by atoms with Gasteiger partial charge in [0.1, 0.15) is 5.75 Å². The van der Waals surface area contributed by atoms with Crippen molar-refractivity contribution in [3.8, 4) is 5.75 Å². The molecular weight excluding hydrogens is 224 g/mol. The summed E-state index contributed by atoms with van der Waals surface area (Å²) in [4.78, 5) is 12.2. The van der Waals surface area contributed by atoms with E-state index in [1.165, 1.54) is 32.1 Å². The second-order valence-electron chi connectivity index (χ2n) is 5.09. The fraction of sp³-hybridized carbons (Fsp3) is 0.562. The normalized spacial score (nSPS) is 16.5. The van der Waals surface area contributed by atoms with Gasteiger partial charge in [-0.15, -0.1) is 0 Å². The number of rotatable bonds is 5. The molecule has 0 heterocycles. The van der Waals surface area contributed by atoms with E-state index in [1.807, 2.05) is 31.2 Å². The first kappa shape index (κ1) is 13.1. The molecule has 0 amide bonds. The Balaban J connectivity index is 1.96. The minimum Gasteiger partial charge on any atom is -0.494 e. The van der Waals surface area contributed by atoms with Crippen LogP contribution in [0.3, 0.4) is 0 Å². The molecule has 1 saturated carbocycles. The van der Waals surface area contributed by atoms with Crippen LogP contribution >= 0.6 is 0 Å². The second kappa shape index (κ2) is 6.58. The van der Waals surface area contributed by atoms with Crippen LogP contribution in [0.2, 0.25) is 0 Å². The average Bonchev–Trinajstić information content (AvgIpc) is 2.40. The summed E-state index contributed by atoms with van der Waals surface area (Å²) in [6, 6.07) is 7.57. The first-order valence-electron chi connectivity index (χ1n) is 7.05. The summed E-state index contributed by atoms with van der Waals surface area (Å²) in [5.74, 6) is 1.66. The van der Waals surface area contributed by atoms with Gasteiger partial charge < -0.3 is 4.74 Å². The molecule has 0 atom stereocenters. The molecule has 1 aliphatic rings. The number of benzene rings is 1. The zero-order valence-corrected chi connectivity index (χ0v) is 11.2. The zero-order valence-electron chi connectivity index (χ0n) is 11.2. The van der Waals surface area contributed by atoms with Crippen molar-refractivity contribution in [2.75, 3.05) is 6.61 Å². The van der Waals surface area contributed by atoms with Crippen LogP contribution in [0.25, 0.3) is 0 Å². The third kappa shape index (κ3) is 3.59. The summed E-state index contributed by atoms with van der Waals surface area (Å²) in [6.45, 7) is 2.59. The third-order valence-electron chi connectivity index (χ3n) is 3.67. The Labute approximate surface area is 109 Å². The van der Waals surface area contributed by atoms with Crippen molar-refractivity contribution in [3.63, 3.8) is 0 Å². The van der Waals surface area contributed by atoms with Gasteiger partial charge in [0.2, 0.25) is 0 Å². The molecule has 18 heavy (non-hydrogen) atoms. The zero-order chi connectivity index (χ0) is 12.8. The van der Waals surface area contributed by atoms with E-state index in [9.17, 15) is 4.79 Å². The van der Waals surface area contributed by atoms with Gasteiger partial charge in [0.25, 0.3) is 0 Å². The molecule has 0 saturated heterocycles. The monoisotopic (exact) mass is 246 g/mol. The van der Waals surface area contributed by atoms with Gasteiger partial charge in [-0.25, -0.2) is 0 Å². The smallest absolute Gasteiger partial charge is 0.163 e. The molecule has 0 aromatic heterocycles. The molecule has 0 spiro atoms. The third-order valence-corrected chi connectivity index (χ3v) is 3.67. The molecule has 1 aromatic rings. The summed E-state index contributed by atoms with van der Waals surface area (Å²) >= 11 is 0. The lowest BCUT2D eigenvalue weighted by Crippen LogP contribution is -2.12. The Morgan fingerprint density at radius 1 is 1.28 bits per heavy atom. The van der Waals surface area contributed by atoms with E-state index < -0.39 is 0 Å². The molecule has 0 aliphatic heterocycles. The van der Waals surface area contributed by atoms with Crippen LogP contribution in [0.15, 0.2) is 24.3 Å². The highest BCUT2D eigenvalue weighted by molar-refractivity contribution is 5.96. The van der Waals surface area contributed by atoms with Crippen molar-refractivity contribution < 1.29 is 9.53 Å². The van der Waals surface area contributed by atoms with Crippen molar-refractivity contribution in [1.29, 1.82) is 0 Å². The lowest BCUT2D eigenvalue weighted by molar-refractivity contribution is 0.0950.